The molecular formula is C33H34N4O3S. The first-order chi connectivity index (χ1) is 20.0. The van der Waals surface area contributed by atoms with Crippen molar-refractivity contribution in [1.29, 1.82) is 0 Å². The first-order valence-electron chi connectivity index (χ1n) is 14.3. The van der Waals surface area contributed by atoms with Gasteiger partial charge in [-0.25, -0.2) is 0 Å². The van der Waals surface area contributed by atoms with Crippen molar-refractivity contribution in [1.82, 2.24) is 5.32 Å². The van der Waals surface area contributed by atoms with Crippen LogP contribution in [0.5, 0.6) is 0 Å². The fourth-order valence-corrected chi connectivity index (χ4v) is 7.16. The zero-order valence-corrected chi connectivity index (χ0v) is 23.7. The van der Waals surface area contributed by atoms with Gasteiger partial charge in [-0.1, -0.05) is 55.0 Å². The van der Waals surface area contributed by atoms with Crippen LogP contribution in [0.1, 0.15) is 63.7 Å². The zero-order valence-electron chi connectivity index (χ0n) is 22.8. The number of hydrogen-bond acceptors (Lipinski definition) is 5. The van der Waals surface area contributed by atoms with Crippen LogP contribution in [0, 0.1) is 11.8 Å². The molecule has 0 saturated heterocycles. The molecule has 4 aromatic rings. The normalized spacial score (nSPS) is 20.7. The molecule has 3 amide bonds. The molecule has 0 radical (unpaired) electrons. The van der Waals surface area contributed by atoms with Crippen molar-refractivity contribution in [2.24, 2.45) is 17.6 Å². The van der Waals surface area contributed by atoms with Crippen molar-refractivity contribution < 1.29 is 14.4 Å². The molecule has 8 heteroatoms. The Bertz CT molecular complexity index is 1550. The van der Waals surface area contributed by atoms with Gasteiger partial charge < -0.3 is 16.4 Å². The number of carbonyl (C=O) groups excluding carboxylic acids is 3. The summed E-state index contributed by atoms with van der Waals surface area (Å²) in [5.41, 5.74) is 8.23. The van der Waals surface area contributed by atoms with Crippen LogP contribution in [0.25, 0.3) is 10.1 Å². The van der Waals surface area contributed by atoms with Gasteiger partial charge >= 0.3 is 0 Å². The Hall–Kier alpha value is -4.01. The second kappa shape index (κ2) is 11.8. The van der Waals surface area contributed by atoms with Gasteiger partial charge in [-0.05, 0) is 78.9 Å². The Balaban J connectivity index is 1.33. The van der Waals surface area contributed by atoms with Crippen LogP contribution in [0.2, 0.25) is 0 Å². The number of anilines is 2. The van der Waals surface area contributed by atoms with E-state index in [0.717, 1.165) is 41.3 Å². The van der Waals surface area contributed by atoms with Crippen LogP contribution in [-0.4, -0.2) is 30.8 Å². The molecule has 2 heterocycles. The highest BCUT2D eigenvalue weighted by Crippen LogP contribution is 2.41. The number of carbonyl (C=O) groups is 3. The van der Waals surface area contributed by atoms with E-state index in [-0.39, 0.29) is 24.1 Å². The second-order valence-corrected chi connectivity index (χ2v) is 12.2. The molecule has 1 aliphatic heterocycles. The predicted molar refractivity (Wildman–Crippen MR) is 164 cm³/mol. The van der Waals surface area contributed by atoms with Crippen molar-refractivity contribution in [2.45, 2.75) is 38.1 Å². The van der Waals surface area contributed by atoms with Crippen molar-refractivity contribution >= 4 is 50.5 Å². The Morgan fingerprint density at radius 1 is 0.976 bits per heavy atom. The van der Waals surface area contributed by atoms with E-state index in [0.29, 0.717) is 46.7 Å². The van der Waals surface area contributed by atoms with Crippen LogP contribution in [0.4, 0.5) is 11.4 Å². The van der Waals surface area contributed by atoms with Crippen molar-refractivity contribution in [3.63, 3.8) is 0 Å². The van der Waals surface area contributed by atoms with Crippen LogP contribution in [0.3, 0.4) is 0 Å². The lowest BCUT2D eigenvalue weighted by atomic mass is 9.81. The van der Waals surface area contributed by atoms with E-state index in [9.17, 15) is 14.4 Å². The van der Waals surface area contributed by atoms with E-state index in [1.54, 1.807) is 23.1 Å². The minimum Gasteiger partial charge on any atom is -0.352 e. The smallest absolute Gasteiger partial charge is 0.269 e. The highest BCUT2D eigenvalue weighted by Gasteiger charge is 2.35. The van der Waals surface area contributed by atoms with E-state index in [1.807, 2.05) is 60.7 Å². The number of nitrogens with two attached hydrogens (primary N) is 1. The fraction of sp³-hybridized carbons (Fsp3) is 0.303. The lowest BCUT2D eigenvalue weighted by molar-refractivity contribution is -0.116. The molecule has 0 spiro atoms. The number of nitrogens with one attached hydrogen (secondary N) is 2. The lowest BCUT2D eigenvalue weighted by Crippen LogP contribution is -2.35. The first-order valence-corrected chi connectivity index (χ1v) is 15.1. The number of rotatable bonds is 6. The molecule has 4 N–H and O–H groups in total. The molecule has 3 aromatic carbocycles. The Morgan fingerprint density at radius 3 is 2.56 bits per heavy atom. The predicted octanol–water partition coefficient (Wildman–Crippen LogP) is 6.13. The third-order valence-electron chi connectivity index (χ3n) is 8.30. The summed E-state index contributed by atoms with van der Waals surface area (Å²) in [4.78, 5) is 42.9. The Morgan fingerprint density at radius 2 is 1.76 bits per heavy atom. The third-order valence-corrected chi connectivity index (χ3v) is 9.40. The molecule has 6 rings (SSSR count). The van der Waals surface area contributed by atoms with Gasteiger partial charge in [0.1, 0.15) is 0 Å². The summed E-state index contributed by atoms with van der Waals surface area (Å²) in [6, 6.07) is 24.1. The quantitative estimate of drug-likeness (QED) is 0.261. The summed E-state index contributed by atoms with van der Waals surface area (Å²) >= 11 is 1.44. The molecule has 1 aliphatic carbocycles. The van der Waals surface area contributed by atoms with Gasteiger partial charge in [0, 0.05) is 16.8 Å². The maximum atomic E-state index is 14.2. The fourth-order valence-electron chi connectivity index (χ4n) is 6.16. The summed E-state index contributed by atoms with van der Waals surface area (Å²) in [7, 11) is 0. The summed E-state index contributed by atoms with van der Waals surface area (Å²) < 4.78 is 1.03. The van der Waals surface area contributed by atoms with E-state index in [4.69, 9.17) is 5.73 Å². The highest BCUT2D eigenvalue weighted by atomic mass is 32.1. The van der Waals surface area contributed by atoms with Gasteiger partial charge in [0.25, 0.3) is 11.8 Å². The van der Waals surface area contributed by atoms with Gasteiger partial charge in [-0.3, -0.25) is 19.3 Å². The van der Waals surface area contributed by atoms with Crippen LogP contribution < -0.4 is 21.3 Å². The van der Waals surface area contributed by atoms with Crippen LogP contribution in [-0.2, 0) is 4.79 Å². The molecule has 2 aliphatic rings. The van der Waals surface area contributed by atoms with Crippen LogP contribution in [0.15, 0.2) is 78.9 Å². The first kappa shape index (κ1) is 27.2. The molecule has 0 bridgehead atoms. The van der Waals surface area contributed by atoms with E-state index < -0.39 is 6.04 Å². The standard InChI is InChI=1S/C33H34N4O3S/c34-19-21-7-6-8-22(15-21)20-35-32(39)25-13-14-27-26(16-25)36-31(38)18-28(23-9-2-1-3-10-23)37(27)33(40)30-17-24-11-4-5-12-29(24)41-30/h1-5,9-14,16-17,21-22,28H,6-8,15,18-20,34H2,(H,35,39)(H,36,38). The lowest BCUT2D eigenvalue weighted by Gasteiger charge is -2.30. The Kier molecular flexibility index (Phi) is 7.85. The molecule has 7 nitrogen and oxygen atoms in total. The topological polar surface area (TPSA) is 105 Å². The number of hydrogen-bond donors (Lipinski definition) is 3. The van der Waals surface area contributed by atoms with Gasteiger partial charge in [-0.15, -0.1) is 11.3 Å². The van der Waals surface area contributed by atoms with Gasteiger partial charge in [0.05, 0.1) is 28.7 Å². The van der Waals surface area contributed by atoms with Gasteiger partial charge in [0.2, 0.25) is 5.91 Å². The number of thiophene rings is 1. The summed E-state index contributed by atoms with van der Waals surface area (Å²) in [5, 5.41) is 7.06. The minimum absolute atomic E-state index is 0.0981. The van der Waals surface area contributed by atoms with Gasteiger partial charge in [0.15, 0.2) is 0 Å². The number of nitrogens with zero attached hydrogens (tertiary/aromatic N) is 1. The van der Waals surface area contributed by atoms with Crippen molar-refractivity contribution in [3.8, 4) is 0 Å². The van der Waals surface area contributed by atoms with E-state index >= 15 is 0 Å². The number of benzene rings is 3. The second-order valence-electron chi connectivity index (χ2n) is 11.1. The highest BCUT2D eigenvalue weighted by molar-refractivity contribution is 7.20. The molecule has 41 heavy (non-hydrogen) atoms. The average molecular weight is 567 g/mol. The van der Waals surface area contributed by atoms with Gasteiger partial charge in [-0.2, -0.15) is 0 Å². The summed E-state index contributed by atoms with van der Waals surface area (Å²) in [6.07, 6.45) is 4.52. The molecular weight excluding hydrogens is 532 g/mol. The molecule has 210 valence electrons. The maximum absolute atomic E-state index is 14.2. The molecule has 1 aromatic heterocycles. The Labute approximate surface area is 243 Å². The minimum atomic E-state index is -0.503. The molecule has 3 atom stereocenters. The SMILES string of the molecule is NCC1CCCC(CNC(=O)c2ccc3c(c2)NC(=O)CC(c2ccccc2)N3C(=O)c2cc3ccccc3s2)C1. The van der Waals surface area contributed by atoms with Crippen LogP contribution >= 0.6 is 11.3 Å². The molecule has 1 saturated carbocycles. The third kappa shape index (κ3) is 5.76. The number of amides is 3. The van der Waals surface area contributed by atoms with E-state index in [2.05, 4.69) is 10.6 Å². The number of fused-ring (bicyclic) bond motifs is 2. The monoisotopic (exact) mass is 566 g/mol. The largest absolute Gasteiger partial charge is 0.352 e. The summed E-state index contributed by atoms with van der Waals surface area (Å²) in [5.74, 6) is 0.363. The molecule has 1 fully saturated rings. The van der Waals surface area contributed by atoms with Crippen molar-refractivity contribution in [2.75, 3.05) is 23.3 Å². The summed E-state index contributed by atoms with van der Waals surface area (Å²) in [6.45, 7) is 1.29. The molecule has 3 unspecified atom stereocenters. The van der Waals surface area contributed by atoms with E-state index in [1.165, 1.54) is 11.3 Å². The van der Waals surface area contributed by atoms with Crippen molar-refractivity contribution in [3.05, 3.63) is 94.9 Å². The average Bonchev–Trinajstić information content (AvgIpc) is 3.38. The maximum Gasteiger partial charge on any atom is 0.269 e. The zero-order chi connectivity index (χ0) is 28.3.